The van der Waals surface area contributed by atoms with Gasteiger partial charge in [-0.25, -0.2) is 15.2 Å². The second-order valence-corrected chi connectivity index (χ2v) is 3.03. The Bertz CT molecular complexity index is 134. The highest BCUT2D eigenvalue weighted by Crippen LogP contribution is 1.95. The van der Waals surface area contributed by atoms with Gasteiger partial charge in [-0.1, -0.05) is 0 Å². The van der Waals surface area contributed by atoms with E-state index in [9.17, 15) is 4.79 Å². The summed E-state index contributed by atoms with van der Waals surface area (Å²) < 4.78 is 0. The lowest BCUT2D eigenvalue weighted by Crippen LogP contribution is -2.49. The normalized spacial score (nSPS) is 10.7. The van der Waals surface area contributed by atoms with Gasteiger partial charge in [0.2, 0.25) is 0 Å². The zero-order valence-corrected chi connectivity index (χ0v) is 7.46. The van der Waals surface area contributed by atoms with Crippen LogP contribution in [-0.4, -0.2) is 28.3 Å². The topological polar surface area (TPSA) is 52.6 Å². The minimum Gasteiger partial charge on any atom is -0.464 e. The average molecular weight is 160 g/mol. The van der Waals surface area contributed by atoms with Crippen molar-refractivity contribution in [2.75, 3.05) is 0 Å². The van der Waals surface area contributed by atoms with Gasteiger partial charge in [-0.3, -0.25) is 0 Å². The molecule has 4 nitrogen and oxygen atoms in total. The van der Waals surface area contributed by atoms with Crippen LogP contribution < -0.4 is 5.43 Å². The highest BCUT2D eigenvalue weighted by molar-refractivity contribution is 5.64. The van der Waals surface area contributed by atoms with E-state index in [-0.39, 0.29) is 12.1 Å². The lowest BCUT2D eigenvalue weighted by Gasteiger charge is -2.26. The summed E-state index contributed by atoms with van der Waals surface area (Å²) in [5.41, 5.74) is 2.81. The number of hydrogen-bond donors (Lipinski definition) is 2. The van der Waals surface area contributed by atoms with E-state index in [0.29, 0.717) is 0 Å². The van der Waals surface area contributed by atoms with E-state index in [1.54, 1.807) is 0 Å². The first kappa shape index (κ1) is 10.2. The Morgan fingerprint density at radius 3 is 1.91 bits per heavy atom. The number of carbonyl (C=O) groups is 1. The quantitative estimate of drug-likeness (QED) is 0.611. The standard InChI is InChI=1S/C7H16N2O2/c1-5(2)8-9(6(3)4)7(10)11/h5-6,8H,1-4H3,(H,10,11). The fraction of sp³-hybridized carbons (Fsp3) is 0.857. The van der Waals surface area contributed by atoms with Crippen molar-refractivity contribution < 1.29 is 9.90 Å². The molecule has 0 rings (SSSR count). The first-order valence-electron chi connectivity index (χ1n) is 3.73. The van der Waals surface area contributed by atoms with Crippen LogP contribution in [0.5, 0.6) is 0 Å². The van der Waals surface area contributed by atoms with Gasteiger partial charge in [-0.05, 0) is 27.7 Å². The molecule has 2 N–H and O–H groups in total. The summed E-state index contributed by atoms with van der Waals surface area (Å²) >= 11 is 0. The second-order valence-electron chi connectivity index (χ2n) is 3.03. The minimum atomic E-state index is -0.936. The van der Waals surface area contributed by atoms with Gasteiger partial charge in [-0.2, -0.15) is 0 Å². The average Bonchev–Trinajstić information content (AvgIpc) is 1.81. The Hall–Kier alpha value is -0.770. The van der Waals surface area contributed by atoms with Crippen molar-refractivity contribution in [2.24, 2.45) is 0 Å². The van der Waals surface area contributed by atoms with E-state index in [1.807, 2.05) is 27.7 Å². The molecular weight excluding hydrogens is 144 g/mol. The van der Waals surface area contributed by atoms with Gasteiger partial charge in [0.1, 0.15) is 0 Å². The Morgan fingerprint density at radius 1 is 1.36 bits per heavy atom. The molecule has 4 heteroatoms. The third kappa shape index (κ3) is 3.83. The Morgan fingerprint density at radius 2 is 1.82 bits per heavy atom. The highest BCUT2D eigenvalue weighted by Gasteiger charge is 2.15. The molecule has 0 atom stereocenters. The molecule has 0 aliphatic carbocycles. The van der Waals surface area contributed by atoms with Crippen molar-refractivity contribution in [3.05, 3.63) is 0 Å². The molecule has 0 aliphatic heterocycles. The van der Waals surface area contributed by atoms with E-state index in [4.69, 9.17) is 5.11 Å². The molecule has 0 aromatic heterocycles. The smallest absolute Gasteiger partial charge is 0.422 e. The van der Waals surface area contributed by atoms with Gasteiger partial charge < -0.3 is 5.11 Å². The number of hydrazine groups is 1. The van der Waals surface area contributed by atoms with Crippen LogP contribution in [-0.2, 0) is 0 Å². The molecule has 0 spiro atoms. The van der Waals surface area contributed by atoms with Crippen molar-refractivity contribution >= 4 is 6.09 Å². The minimum absolute atomic E-state index is 0.0325. The van der Waals surface area contributed by atoms with Crippen LogP contribution in [0.4, 0.5) is 4.79 Å². The molecule has 1 amide bonds. The van der Waals surface area contributed by atoms with Crippen LogP contribution >= 0.6 is 0 Å². The van der Waals surface area contributed by atoms with Crippen LogP contribution in [0.1, 0.15) is 27.7 Å². The first-order valence-corrected chi connectivity index (χ1v) is 3.73. The number of carboxylic acid groups (broad SMARTS) is 1. The van der Waals surface area contributed by atoms with Crippen molar-refractivity contribution in [3.63, 3.8) is 0 Å². The molecule has 0 aromatic rings. The summed E-state index contributed by atoms with van der Waals surface area (Å²) in [5.74, 6) is 0. The summed E-state index contributed by atoms with van der Waals surface area (Å²) in [6.45, 7) is 7.45. The van der Waals surface area contributed by atoms with E-state index in [2.05, 4.69) is 5.43 Å². The molecule has 0 heterocycles. The van der Waals surface area contributed by atoms with Crippen LogP contribution in [0.2, 0.25) is 0 Å². The number of amides is 1. The molecular formula is C7H16N2O2. The SMILES string of the molecule is CC(C)NN(C(=O)O)C(C)C. The summed E-state index contributed by atoms with van der Waals surface area (Å²) in [7, 11) is 0. The molecule has 0 radical (unpaired) electrons. The largest absolute Gasteiger partial charge is 0.464 e. The van der Waals surface area contributed by atoms with Crippen LogP contribution in [0.3, 0.4) is 0 Å². The molecule has 0 aromatic carbocycles. The van der Waals surface area contributed by atoms with Crippen molar-refractivity contribution in [2.45, 2.75) is 39.8 Å². The number of hydrogen-bond acceptors (Lipinski definition) is 2. The number of rotatable bonds is 3. The Kier molecular flexibility index (Phi) is 3.89. The monoisotopic (exact) mass is 160 g/mol. The van der Waals surface area contributed by atoms with Gasteiger partial charge in [0.15, 0.2) is 0 Å². The van der Waals surface area contributed by atoms with Gasteiger partial charge >= 0.3 is 6.09 Å². The van der Waals surface area contributed by atoms with Crippen LogP contribution in [0, 0.1) is 0 Å². The Balaban J connectivity index is 4.01. The molecule has 0 saturated heterocycles. The molecule has 0 aliphatic rings. The van der Waals surface area contributed by atoms with Gasteiger partial charge in [-0.15, -0.1) is 0 Å². The third-order valence-corrected chi connectivity index (χ3v) is 1.12. The van der Waals surface area contributed by atoms with Gasteiger partial charge in [0.25, 0.3) is 0 Å². The molecule has 11 heavy (non-hydrogen) atoms. The maximum absolute atomic E-state index is 10.5. The molecule has 0 fully saturated rings. The van der Waals surface area contributed by atoms with E-state index in [0.717, 1.165) is 0 Å². The fourth-order valence-corrected chi connectivity index (χ4v) is 0.703. The predicted octanol–water partition coefficient (Wildman–Crippen LogP) is 1.29. The van der Waals surface area contributed by atoms with Crippen LogP contribution in [0.25, 0.3) is 0 Å². The summed E-state index contributed by atoms with van der Waals surface area (Å²) in [6, 6.07) is 0.114. The molecule has 0 saturated carbocycles. The summed E-state index contributed by atoms with van der Waals surface area (Å²) in [6.07, 6.45) is -0.936. The predicted molar refractivity (Wildman–Crippen MR) is 43.3 cm³/mol. The van der Waals surface area contributed by atoms with Gasteiger partial charge in [0, 0.05) is 12.1 Å². The van der Waals surface area contributed by atoms with Crippen molar-refractivity contribution in [1.82, 2.24) is 10.4 Å². The number of nitrogens with one attached hydrogen (secondary N) is 1. The highest BCUT2D eigenvalue weighted by atomic mass is 16.4. The maximum Gasteiger partial charge on any atom is 0.422 e. The van der Waals surface area contributed by atoms with E-state index >= 15 is 0 Å². The molecule has 0 bridgehead atoms. The van der Waals surface area contributed by atoms with Crippen LogP contribution in [0.15, 0.2) is 0 Å². The summed E-state index contributed by atoms with van der Waals surface area (Å²) in [4.78, 5) is 10.5. The summed E-state index contributed by atoms with van der Waals surface area (Å²) in [5, 5.41) is 9.86. The lowest BCUT2D eigenvalue weighted by molar-refractivity contribution is 0.0941. The zero-order chi connectivity index (χ0) is 9.02. The fourth-order valence-electron chi connectivity index (χ4n) is 0.703. The lowest BCUT2D eigenvalue weighted by atomic mass is 10.4. The van der Waals surface area contributed by atoms with Crippen molar-refractivity contribution in [1.29, 1.82) is 0 Å². The maximum atomic E-state index is 10.5. The second kappa shape index (κ2) is 4.18. The molecule has 66 valence electrons. The zero-order valence-electron chi connectivity index (χ0n) is 7.46. The van der Waals surface area contributed by atoms with E-state index in [1.165, 1.54) is 5.01 Å². The van der Waals surface area contributed by atoms with E-state index < -0.39 is 6.09 Å². The first-order chi connectivity index (χ1) is 4.95. The number of nitrogens with zero attached hydrogens (tertiary/aromatic N) is 1. The molecule has 0 unspecified atom stereocenters. The van der Waals surface area contributed by atoms with Crippen molar-refractivity contribution in [3.8, 4) is 0 Å². The third-order valence-electron chi connectivity index (χ3n) is 1.12. The Labute approximate surface area is 67.2 Å². The van der Waals surface area contributed by atoms with Gasteiger partial charge in [0.05, 0.1) is 0 Å².